The van der Waals surface area contributed by atoms with E-state index in [1.165, 1.54) is 32.2 Å². The Kier molecular flexibility index (Phi) is 8.09. The van der Waals surface area contributed by atoms with Crippen molar-refractivity contribution in [3.05, 3.63) is 59.2 Å². The van der Waals surface area contributed by atoms with Gasteiger partial charge in [0.25, 0.3) is 17.4 Å². The van der Waals surface area contributed by atoms with E-state index in [0.717, 1.165) is 4.90 Å². The van der Waals surface area contributed by atoms with Gasteiger partial charge in [-0.2, -0.15) is 26.3 Å². The third-order valence-corrected chi connectivity index (χ3v) is 7.65. The molecule has 0 saturated carbocycles. The van der Waals surface area contributed by atoms with E-state index in [9.17, 15) is 54.6 Å². The van der Waals surface area contributed by atoms with Crippen LogP contribution >= 0.6 is 0 Å². The van der Waals surface area contributed by atoms with Gasteiger partial charge in [-0.15, -0.1) is 0 Å². The average molecular weight is 584 g/mol. The molecule has 214 valence electrons. The van der Waals surface area contributed by atoms with Gasteiger partial charge in [-0.25, -0.2) is 13.1 Å². The zero-order chi connectivity index (χ0) is 29.6. The van der Waals surface area contributed by atoms with E-state index in [1.54, 1.807) is 0 Å². The number of anilines is 1. The molecule has 16 heteroatoms. The van der Waals surface area contributed by atoms with Crippen LogP contribution in [-0.2, 0) is 31.8 Å². The first kappa shape index (κ1) is 30.3. The van der Waals surface area contributed by atoms with Crippen LogP contribution in [0.2, 0.25) is 0 Å². The minimum Gasteiger partial charge on any atom is -0.383 e. The van der Waals surface area contributed by atoms with Crippen molar-refractivity contribution in [2.75, 3.05) is 12.4 Å². The molecule has 2 atom stereocenters. The van der Waals surface area contributed by atoms with Crippen molar-refractivity contribution in [1.82, 2.24) is 9.62 Å². The van der Waals surface area contributed by atoms with Gasteiger partial charge in [0.15, 0.2) is 0 Å². The molecular weight excluding hydrogens is 560 g/mol. The molecule has 2 aromatic rings. The molecule has 4 N–H and O–H groups in total. The van der Waals surface area contributed by atoms with Crippen LogP contribution in [0.15, 0.2) is 47.4 Å². The van der Waals surface area contributed by atoms with Crippen molar-refractivity contribution in [1.29, 1.82) is 0 Å². The van der Waals surface area contributed by atoms with Crippen LogP contribution in [-0.4, -0.2) is 60.8 Å². The number of hydrogen-bond acceptors (Lipinski definition) is 6. The van der Waals surface area contributed by atoms with Gasteiger partial charge in [-0.05, 0) is 48.9 Å². The maximum absolute atomic E-state index is 13.2. The molecular formula is C23H23F6N3O6S. The lowest BCUT2D eigenvalue weighted by Gasteiger charge is -2.32. The molecule has 0 aliphatic carbocycles. The molecule has 0 bridgehead atoms. The molecule has 39 heavy (non-hydrogen) atoms. The van der Waals surface area contributed by atoms with Crippen molar-refractivity contribution >= 4 is 27.5 Å². The lowest BCUT2D eigenvalue weighted by atomic mass is 9.92. The minimum absolute atomic E-state index is 0.0117. The largest absolute Gasteiger partial charge is 0.430 e. The molecule has 2 amide bonds. The van der Waals surface area contributed by atoms with Crippen molar-refractivity contribution < 1.29 is 54.6 Å². The monoisotopic (exact) mass is 583 g/mol. The smallest absolute Gasteiger partial charge is 0.383 e. The standard InChI is InChI=1S/C23H23F6N3O6S/c1-3-17(33)20(35)32-11-12-10-15(39(37,38)30-2)8-9-16(12)18(32)19(34)31-14-6-4-13(5-7-14)21(36,22(24,25)26)23(27,28)29/h4-10,17-18,30,33,36H,3,11H2,1-2H3,(H,31,34)/t17?,18-/m1/s1. The number of hydrogen-bond donors (Lipinski definition) is 4. The summed E-state index contributed by atoms with van der Waals surface area (Å²) in [7, 11) is -2.70. The van der Waals surface area contributed by atoms with Gasteiger partial charge in [0.2, 0.25) is 10.0 Å². The molecule has 1 aliphatic heterocycles. The number of aliphatic hydroxyl groups is 2. The Bertz CT molecular complexity index is 1350. The first-order valence-electron chi connectivity index (χ1n) is 11.2. The van der Waals surface area contributed by atoms with Crippen molar-refractivity contribution in [3.8, 4) is 0 Å². The number of alkyl halides is 6. The fraction of sp³-hybridized carbons (Fsp3) is 0.391. The lowest BCUT2D eigenvalue weighted by Crippen LogP contribution is -2.53. The van der Waals surface area contributed by atoms with Gasteiger partial charge in [-0.1, -0.05) is 25.1 Å². The highest BCUT2D eigenvalue weighted by molar-refractivity contribution is 7.89. The van der Waals surface area contributed by atoms with Crippen LogP contribution in [0.4, 0.5) is 32.0 Å². The maximum atomic E-state index is 13.2. The van der Waals surface area contributed by atoms with E-state index in [0.29, 0.717) is 24.3 Å². The van der Waals surface area contributed by atoms with Crippen LogP contribution in [0.1, 0.15) is 36.1 Å². The van der Waals surface area contributed by atoms with Crippen LogP contribution in [0.25, 0.3) is 0 Å². The van der Waals surface area contributed by atoms with E-state index in [2.05, 4.69) is 10.0 Å². The second-order valence-electron chi connectivity index (χ2n) is 8.63. The number of halogens is 6. The first-order valence-corrected chi connectivity index (χ1v) is 12.7. The van der Waals surface area contributed by atoms with Crippen LogP contribution in [0, 0.1) is 0 Å². The normalized spacial score (nSPS) is 17.1. The van der Waals surface area contributed by atoms with Crippen LogP contribution in [0.5, 0.6) is 0 Å². The van der Waals surface area contributed by atoms with Gasteiger partial charge in [0, 0.05) is 17.8 Å². The molecule has 0 aromatic heterocycles. The predicted molar refractivity (Wildman–Crippen MR) is 123 cm³/mol. The number of aliphatic hydroxyl groups excluding tert-OH is 1. The van der Waals surface area contributed by atoms with Crippen LogP contribution < -0.4 is 10.0 Å². The van der Waals surface area contributed by atoms with Crippen LogP contribution in [0.3, 0.4) is 0 Å². The van der Waals surface area contributed by atoms with E-state index in [-0.39, 0.29) is 34.7 Å². The Labute approximate surface area is 218 Å². The average Bonchev–Trinajstić information content (AvgIpc) is 3.25. The van der Waals surface area contributed by atoms with Gasteiger partial charge in [0.1, 0.15) is 12.1 Å². The SMILES string of the molecule is CCC(O)C(=O)N1Cc2cc(S(=O)(=O)NC)ccc2[C@@H]1C(=O)Nc1ccc(C(O)(C(F)(F)F)C(F)(F)F)cc1. The summed E-state index contributed by atoms with van der Waals surface area (Å²) in [6, 6.07) is 4.39. The fourth-order valence-electron chi connectivity index (χ4n) is 4.06. The number of amides is 2. The zero-order valence-corrected chi connectivity index (χ0v) is 21.1. The number of benzene rings is 2. The minimum atomic E-state index is -6.09. The van der Waals surface area contributed by atoms with Crippen molar-refractivity contribution in [2.24, 2.45) is 0 Å². The van der Waals surface area contributed by atoms with E-state index >= 15 is 0 Å². The highest BCUT2D eigenvalue weighted by Crippen LogP contribution is 2.50. The second kappa shape index (κ2) is 10.4. The molecule has 0 saturated heterocycles. The summed E-state index contributed by atoms with van der Waals surface area (Å²) in [5.74, 6) is -1.80. The molecule has 2 aromatic carbocycles. The Morgan fingerprint density at radius 3 is 2.10 bits per heavy atom. The molecule has 9 nitrogen and oxygen atoms in total. The number of nitrogens with one attached hydrogen (secondary N) is 2. The Morgan fingerprint density at radius 1 is 1.05 bits per heavy atom. The highest BCUT2D eigenvalue weighted by Gasteiger charge is 2.71. The molecule has 0 spiro atoms. The summed E-state index contributed by atoms with van der Waals surface area (Å²) in [6.45, 7) is 1.24. The van der Waals surface area contributed by atoms with Gasteiger partial charge < -0.3 is 20.4 Å². The highest BCUT2D eigenvalue weighted by atomic mass is 32.2. The number of carbonyl (C=O) groups is 2. The predicted octanol–water partition coefficient (Wildman–Crippen LogP) is 2.70. The molecule has 3 rings (SSSR count). The topological polar surface area (TPSA) is 136 Å². The lowest BCUT2D eigenvalue weighted by molar-refractivity contribution is -0.376. The summed E-state index contributed by atoms with van der Waals surface area (Å²) in [4.78, 5) is 26.8. The van der Waals surface area contributed by atoms with Gasteiger partial charge in [-0.3, -0.25) is 9.59 Å². The van der Waals surface area contributed by atoms with E-state index in [4.69, 9.17) is 0 Å². The number of nitrogens with zero attached hydrogens (tertiary/aromatic N) is 1. The molecule has 0 fully saturated rings. The Balaban J connectivity index is 1.97. The molecule has 1 aliphatic rings. The van der Waals surface area contributed by atoms with Crippen molar-refractivity contribution in [3.63, 3.8) is 0 Å². The first-order chi connectivity index (χ1) is 17.9. The second-order valence-corrected chi connectivity index (χ2v) is 10.5. The molecule has 1 unspecified atom stereocenters. The van der Waals surface area contributed by atoms with E-state index < -0.39 is 57.5 Å². The number of sulfonamides is 1. The van der Waals surface area contributed by atoms with Gasteiger partial charge in [0.05, 0.1) is 4.90 Å². The fourth-order valence-corrected chi connectivity index (χ4v) is 4.84. The Morgan fingerprint density at radius 2 is 1.62 bits per heavy atom. The quantitative estimate of drug-likeness (QED) is 0.370. The zero-order valence-electron chi connectivity index (χ0n) is 20.3. The Hall–Kier alpha value is -3.21. The van der Waals surface area contributed by atoms with E-state index in [1.807, 2.05) is 0 Å². The molecule has 1 heterocycles. The van der Waals surface area contributed by atoms with Crippen molar-refractivity contribution in [2.45, 2.75) is 54.9 Å². The summed E-state index contributed by atoms with van der Waals surface area (Å²) < 4.78 is 105. The maximum Gasteiger partial charge on any atom is 0.430 e. The van der Waals surface area contributed by atoms with Gasteiger partial charge >= 0.3 is 12.4 Å². The number of fused-ring (bicyclic) bond motifs is 1. The summed E-state index contributed by atoms with van der Waals surface area (Å²) in [5.41, 5.74) is -6.49. The molecule has 0 radical (unpaired) electrons. The third-order valence-electron chi connectivity index (χ3n) is 6.23. The number of carbonyl (C=O) groups excluding carboxylic acids is 2. The summed E-state index contributed by atoms with van der Waals surface area (Å²) in [6.07, 6.45) is -13.7. The number of rotatable bonds is 7. The summed E-state index contributed by atoms with van der Waals surface area (Å²) >= 11 is 0. The third kappa shape index (κ3) is 5.46. The summed E-state index contributed by atoms with van der Waals surface area (Å²) in [5, 5.41) is 21.9.